The Balaban J connectivity index is 1.77. The van der Waals surface area contributed by atoms with Gasteiger partial charge in [0.1, 0.15) is 11.5 Å². The Morgan fingerprint density at radius 3 is 2.30 bits per heavy atom. The average Bonchev–Trinajstić information content (AvgIpc) is 2.99. The third-order valence-electron chi connectivity index (χ3n) is 3.47. The topological polar surface area (TPSA) is 26.0 Å². The zero-order valence-electron chi connectivity index (χ0n) is 11.5. The molecule has 0 saturated carbocycles. The van der Waals surface area contributed by atoms with Gasteiger partial charge >= 0.3 is 0 Å². The summed E-state index contributed by atoms with van der Waals surface area (Å²) >= 11 is 0. The Labute approximate surface area is 119 Å². The second kappa shape index (κ2) is 5.74. The van der Waals surface area contributed by atoms with Gasteiger partial charge in [-0.25, -0.2) is 0 Å². The third-order valence-corrected chi connectivity index (χ3v) is 3.47. The first kappa shape index (κ1) is 12.7. The van der Waals surface area contributed by atoms with Crippen LogP contribution in [0.4, 0.5) is 0 Å². The van der Waals surface area contributed by atoms with Gasteiger partial charge in [-0.1, -0.05) is 72.7 Å². The van der Waals surface area contributed by atoms with Crippen LogP contribution in [-0.2, 0) is 6.42 Å². The number of nitrogens with zero attached hydrogens (tertiary/aromatic N) is 1. The van der Waals surface area contributed by atoms with Gasteiger partial charge in [-0.3, -0.25) is 0 Å². The summed E-state index contributed by atoms with van der Waals surface area (Å²) in [6, 6.07) is 22.6. The van der Waals surface area contributed by atoms with Gasteiger partial charge in [-0.05, 0) is 12.0 Å². The Hall–Kier alpha value is -2.35. The van der Waals surface area contributed by atoms with Crippen LogP contribution >= 0.6 is 0 Å². The lowest BCUT2D eigenvalue weighted by molar-refractivity contribution is 0.366. The molecule has 2 aromatic carbocycles. The van der Waals surface area contributed by atoms with Crippen LogP contribution in [-0.4, -0.2) is 5.16 Å². The summed E-state index contributed by atoms with van der Waals surface area (Å²) in [4.78, 5) is 0. The lowest BCUT2D eigenvalue weighted by Gasteiger charge is -2.06. The van der Waals surface area contributed by atoms with Gasteiger partial charge in [-0.15, -0.1) is 0 Å². The normalized spacial score (nSPS) is 12.2. The van der Waals surface area contributed by atoms with E-state index in [2.05, 4.69) is 36.3 Å². The van der Waals surface area contributed by atoms with Crippen molar-refractivity contribution in [2.24, 2.45) is 0 Å². The highest BCUT2D eigenvalue weighted by molar-refractivity contribution is 5.58. The molecule has 1 unspecified atom stereocenters. The van der Waals surface area contributed by atoms with E-state index < -0.39 is 0 Å². The summed E-state index contributed by atoms with van der Waals surface area (Å²) in [7, 11) is 0. The quantitative estimate of drug-likeness (QED) is 0.682. The molecule has 0 fully saturated rings. The standard InChI is InChI=1S/C18H17NO/c1-14(12-15-8-4-2-5-9-15)18-13-17(19-20-18)16-10-6-3-7-11-16/h2-11,13-14H,12H2,1H3. The highest BCUT2D eigenvalue weighted by Crippen LogP contribution is 2.25. The van der Waals surface area contributed by atoms with Crippen molar-refractivity contribution in [1.29, 1.82) is 0 Å². The van der Waals surface area contributed by atoms with E-state index in [-0.39, 0.29) is 0 Å². The van der Waals surface area contributed by atoms with Gasteiger partial charge in [0.25, 0.3) is 0 Å². The first-order valence-corrected chi connectivity index (χ1v) is 6.89. The first-order valence-electron chi connectivity index (χ1n) is 6.89. The predicted octanol–water partition coefficient (Wildman–Crippen LogP) is 4.69. The molecule has 3 rings (SSSR count). The fourth-order valence-electron chi connectivity index (χ4n) is 2.33. The van der Waals surface area contributed by atoms with Gasteiger partial charge in [0, 0.05) is 17.5 Å². The molecule has 1 heterocycles. The van der Waals surface area contributed by atoms with Gasteiger partial charge in [0.05, 0.1) is 0 Å². The van der Waals surface area contributed by atoms with E-state index in [1.54, 1.807) is 0 Å². The van der Waals surface area contributed by atoms with Crippen LogP contribution in [0, 0.1) is 0 Å². The molecule has 3 aromatic rings. The Morgan fingerprint density at radius 2 is 1.60 bits per heavy atom. The molecule has 0 bridgehead atoms. The summed E-state index contributed by atoms with van der Waals surface area (Å²) < 4.78 is 5.50. The lowest BCUT2D eigenvalue weighted by Crippen LogP contribution is -1.96. The van der Waals surface area contributed by atoms with E-state index in [1.807, 2.05) is 42.5 Å². The van der Waals surface area contributed by atoms with E-state index in [0.29, 0.717) is 5.92 Å². The highest BCUT2D eigenvalue weighted by atomic mass is 16.5. The van der Waals surface area contributed by atoms with Crippen molar-refractivity contribution in [3.8, 4) is 11.3 Å². The molecule has 100 valence electrons. The molecule has 0 amide bonds. The Kier molecular flexibility index (Phi) is 3.64. The molecular formula is C18H17NO. The second-order valence-corrected chi connectivity index (χ2v) is 5.07. The van der Waals surface area contributed by atoms with E-state index in [0.717, 1.165) is 23.4 Å². The molecule has 0 saturated heterocycles. The van der Waals surface area contributed by atoms with Crippen LogP contribution in [0.3, 0.4) is 0 Å². The summed E-state index contributed by atoms with van der Waals surface area (Å²) in [5, 5.41) is 4.17. The number of aromatic nitrogens is 1. The molecule has 0 aliphatic carbocycles. The van der Waals surface area contributed by atoms with Crippen molar-refractivity contribution < 1.29 is 4.52 Å². The summed E-state index contributed by atoms with van der Waals surface area (Å²) in [6.45, 7) is 2.17. The maximum atomic E-state index is 5.50. The molecule has 2 heteroatoms. The minimum atomic E-state index is 0.322. The summed E-state index contributed by atoms with van der Waals surface area (Å²) in [5.41, 5.74) is 3.31. The largest absolute Gasteiger partial charge is 0.360 e. The molecule has 1 atom stereocenters. The third kappa shape index (κ3) is 2.80. The Bertz CT molecular complexity index is 658. The fourth-order valence-corrected chi connectivity index (χ4v) is 2.33. The van der Waals surface area contributed by atoms with Gasteiger partial charge in [-0.2, -0.15) is 0 Å². The zero-order chi connectivity index (χ0) is 13.8. The van der Waals surface area contributed by atoms with Crippen LogP contribution in [0.2, 0.25) is 0 Å². The van der Waals surface area contributed by atoms with Crippen molar-refractivity contribution in [2.75, 3.05) is 0 Å². The number of hydrogen-bond donors (Lipinski definition) is 0. The molecule has 0 radical (unpaired) electrons. The fraction of sp³-hybridized carbons (Fsp3) is 0.167. The zero-order valence-corrected chi connectivity index (χ0v) is 11.5. The average molecular weight is 263 g/mol. The smallest absolute Gasteiger partial charge is 0.140 e. The van der Waals surface area contributed by atoms with E-state index in [1.165, 1.54) is 5.56 Å². The highest BCUT2D eigenvalue weighted by Gasteiger charge is 2.13. The predicted molar refractivity (Wildman–Crippen MR) is 80.5 cm³/mol. The van der Waals surface area contributed by atoms with E-state index >= 15 is 0 Å². The minimum Gasteiger partial charge on any atom is -0.360 e. The SMILES string of the molecule is CC(Cc1ccccc1)c1cc(-c2ccccc2)no1. The van der Waals surface area contributed by atoms with E-state index in [9.17, 15) is 0 Å². The summed E-state index contributed by atoms with van der Waals surface area (Å²) in [5.74, 6) is 1.26. The molecule has 0 spiro atoms. The number of rotatable bonds is 4. The molecule has 0 aliphatic heterocycles. The maximum absolute atomic E-state index is 5.50. The summed E-state index contributed by atoms with van der Waals surface area (Å²) in [6.07, 6.45) is 0.963. The maximum Gasteiger partial charge on any atom is 0.140 e. The van der Waals surface area contributed by atoms with Crippen LogP contribution in [0.25, 0.3) is 11.3 Å². The van der Waals surface area contributed by atoms with Crippen molar-refractivity contribution in [1.82, 2.24) is 5.16 Å². The van der Waals surface area contributed by atoms with Crippen molar-refractivity contribution in [3.05, 3.63) is 78.1 Å². The first-order chi connectivity index (χ1) is 9.83. The van der Waals surface area contributed by atoms with Crippen LogP contribution < -0.4 is 0 Å². The Morgan fingerprint density at radius 1 is 0.950 bits per heavy atom. The minimum absolute atomic E-state index is 0.322. The second-order valence-electron chi connectivity index (χ2n) is 5.07. The number of hydrogen-bond acceptors (Lipinski definition) is 2. The van der Waals surface area contributed by atoms with Crippen molar-refractivity contribution in [2.45, 2.75) is 19.3 Å². The van der Waals surface area contributed by atoms with Gasteiger partial charge < -0.3 is 4.52 Å². The molecule has 20 heavy (non-hydrogen) atoms. The van der Waals surface area contributed by atoms with Crippen LogP contribution in [0.5, 0.6) is 0 Å². The van der Waals surface area contributed by atoms with E-state index in [4.69, 9.17) is 4.52 Å². The number of benzene rings is 2. The van der Waals surface area contributed by atoms with Crippen LogP contribution in [0.15, 0.2) is 71.3 Å². The van der Waals surface area contributed by atoms with Crippen molar-refractivity contribution >= 4 is 0 Å². The lowest BCUT2D eigenvalue weighted by atomic mass is 9.98. The molecular weight excluding hydrogens is 246 g/mol. The van der Waals surface area contributed by atoms with Gasteiger partial charge in [0.15, 0.2) is 0 Å². The molecule has 2 nitrogen and oxygen atoms in total. The van der Waals surface area contributed by atoms with Crippen molar-refractivity contribution in [3.63, 3.8) is 0 Å². The molecule has 0 aliphatic rings. The monoisotopic (exact) mass is 263 g/mol. The molecule has 1 aromatic heterocycles. The molecule has 0 N–H and O–H groups in total. The van der Waals surface area contributed by atoms with Crippen LogP contribution in [0.1, 0.15) is 24.2 Å². The van der Waals surface area contributed by atoms with Gasteiger partial charge in [0.2, 0.25) is 0 Å².